The number of aromatic nitrogens is 3. The van der Waals surface area contributed by atoms with Gasteiger partial charge in [-0.15, -0.1) is 6.42 Å². The smallest absolute Gasteiger partial charge is 0.433 e. The monoisotopic (exact) mass is 376 g/mol. The molecular formula is C18H15F3N4O2. The van der Waals surface area contributed by atoms with Gasteiger partial charge in [-0.2, -0.15) is 18.3 Å². The van der Waals surface area contributed by atoms with Crippen LogP contribution in [0.15, 0.2) is 34.9 Å². The molecule has 140 valence electrons. The van der Waals surface area contributed by atoms with Crippen molar-refractivity contribution in [2.75, 3.05) is 0 Å². The largest absolute Gasteiger partial charge is 0.463 e. The highest BCUT2D eigenvalue weighted by Crippen LogP contribution is 2.32. The van der Waals surface area contributed by atoms with E-state index in [4.69, 9.17) is 10.8 Å². The average molecular weight is 376 g/mol. The number of furan rings is 1. The minimum Gasteiger partial charge on any atom is -0.463 e. The second-order valence-electron chi connectivity index (χ2n) is 6.09. The zero-order valence-electron chi connectivity index (χ0n) is 14.5. The van der Waals surface area contributed by atoms with E-state index in [0.29, 0.717) is 10.9 Å². The van der Waals surface area contributed by atoms with Crippen LogP contribution in [0.5, 0.6) is 0 Å². The fourth-order valence-corrected chi connectivity index (χ4v) is 2.38. The van der Waals surface area contributed by atoms with Crippen molar-refractivity contribution in [2.45, 2.75) is 32.0 Å². The van der Waals surface area contributed by atoms with E-state index in [1.54, 1.807) is 13.8 Å². The maximum atomic E-state index is 13.5. The molecule has 1 amide bonds. The van der Waals surface area contributed by atoms with Crippen molar-refractivity contribution in [3.8, 4) is 23.8 Å². The molecule has 3 heterocycles. The topological polar surface area (TPSA) is 72.4 Å². The molecule has 0 radical (unpaired) electrons. The summed E-state index contributed by atoms with van der Waals surface area (Å²) in [5.74, 6) is 1.93. The summed E-state index contributed by atoms with van der Waals surface area (Å²) in [6.45, 7) is 3.41. The minimum absolute atomic E-state index is 0.0197. The van der Waals surface area contributed by atoms with Gasteiger partial charge < -0.3 is 9.73 Å². The summed E-state index contributed by atoms with van der Waals surface area (Å²) in [4.78, 5) is 16.5. The third kappa shape index (κ3) is 3.51. The summed E-state index contributed by atoms with van der Waals surface area (Å²) < 4.78 is 46.2. The number of nitrogens with one attached hydrogen (secondary N) is 1. The van der Waals surface area contributed by atoms with Gasteiger partial charge >= 0.3 is 6.18 Å². The molecule has 0 aliphatic carbocycles. The standard InChI is InChI=1S/C18H15F3N4O2/c1-4-17(3,5-2)23-16(26)12-10-15-22-11(13-7-6-8-27-13)9-14(18(19,20)21)25(15)24-12/h1,6-10H,5H2,2-3H3,(H,23,26)/t17-/m0/s1. The van der Waals surface area contributed by atoms with Crippen LogP contribution in [0.3, 0.4) is 0 Å². The van der Waals surface area contributed by atoms with Crippen molar-refractivity contribution < 1.29 is 22.4 Å². The van der Waals surface area contributed by atoms with Gasteiger partial charge in [-0.1, -0.05) is 12.8 Å². The molecule has 3 aromatic heterocycles. The Morgan fingerprint density at radius 3 is 2.70 bits per heavy atom. The number of hydrogen-bond donors (Lipinski definition) is 1. The number of amides is 1. The van der Waals surface area contributed by atoms with Gasteiger partial charge in [0.05, 0.1) is 11.8 Å². The molecule has 9 heteroatoms. The highest BCUT2D eigenvalue weighted by atomic mass is 19.4. The molecule has 0 aromatic carbocycles. The number of fused-ring (bicyclic) bond motifs is 1. The van der Waals surface area contributed by atoms with Gasteiger partial charge in [0.1, 0.15) is 5.69 Å². The van der Waals surface area contributed by atoms with Gasteiger partial charge in [0.15, 0.2) is 22.8 Å². The first kappa shape index (κ1) is 18.5. The van der Waals surface area contributed by atoms with Crippen LogP contribution in [0.1, 0.15) is 36.5 Å². The van der Waals surface area contributed by atoms with Crippen LogP contribution in [0.25, 0.3) is 17.1 Å². The van der Waals surface area contributed by atoms with E-state index in [9.17, 15) is 18.0 Å². The van der Waals surface area contributed by atoms with Crippen molar-refractivity contribution in [3.63, 3.8) is 0 Å². The first-order chi connectivity index (χ1) is 12.7. The average Bonchev–Trinajstić information content (AvgIpc) is 3.29. The van der Waals surface area contributed by atoms with E-state index in [-0.39, 0.29) is 22.8 Å². The van der Waals surface area contributed by atoms with Crippen molar-refractivity contribution in [1.82, 2.24) is 19.9 Å². The Kier molecular flexibility index (Phi) is 4.43. The molecule has 0 bridgehead atoms. The summed E-state index contributed by atoms with van der Waals surface area (Å²) in [6, 6.07) is 5.01. The Labute approximate surface area is 152 Å². The van der Waals surface area contributed by atoms with Crippen LogP contribution in [-0.4, -0.2) is 26.0 Å². The van der Waals surface area contributed by atoms with Crippen LogP contribution < -0.4 is 5.32 Å². The summed E-state index contributed by atoms with van der Waals surface area (Å²) in [5.41, 5.74) is -2.39. The Morgan fingerprint density at radius 1 is 1.41 bits per heavy atom. The molecule has 3 aromatic rings. The molecule has 0 aliphatic heterocycles. The van der Waals surface area contributed by atoms with Gasteiger partial charge in [-0.25, -0.2) is 9.50 Å². The Morgan fingerprint density at radius 2 is 2.15 bits per heavy atom. The number of hydrogen-bond acceptors (Lipinski definition) is 4. The fourth-order valence-electron chi connectivity index (χ4n) is 2.38. The molecule has 0 spiro atoms. The molecule has 27 heavy (non-hydrogen) atoms. The zero-order valence-corrected chi connectivity index (χ0v) is 14.5. The van der Waals surface area contributed by atoms with Crippen molar-refractivity contribution in [1.29, 1.82) is 0 Å². The summed E-state index contributed by atoms with van der Waals surface area (Å²) in [7, 11) is 0. The minimum atomic E-state index is -4.71. The van der Waals surface area contributed by atoms with Gasteiger partial charge in [-0.3, -0.25) is 4.79 Å². The molecule has 0 aliphatic rings. The molecular weight excluding hydrogens is 361 g/mol. The number of terminal acetylenes is 1. The molecule has 3 rings (SSSR count). The van der Waals surface area contributed by atoms with E-state index >= 15 is 0 Å². The SMILES string of the molecule is C#C[C@@](C)(CC)NC(=O)c1cc2nc(-c3ccco3)cc(C(F)(F)F)n2n1. The lowest BCUT2D eigenvalue weighted by atomic mass is 10.0. The van der Waals surface area contributed by atoms with Crippen LogP contribution in [0.2, 0.25) is 0 Å². The zero-order chi connectivity index (χ0) is 19.8. The van der Waals surface area contributed by atoms with Crippen LogP contribution in [0, 0.1) is 12.3 Å². The summed E-state index contributed by atoms with van der Waals surface area (Å²) >= 11 is 0. The molecule has 1 atom stereocenters. The highest BCUT2D eigenvalue weighted by molar-refractivity contribution is 5.94. The Hall–Kier alpha value is -3.28. The van der Waals surface area contributed by atoms with Gasteiger partial charge in [0.25, 0.3) is 5.91 Å². The van der Waals surface area contributed by atoms with Crippen LogP contribution >= 0.6 is 0 Å². The van der Waals surface area contributed by atoms with E-state index < -0.39 is 23.3 Å². The fraction of sp³-hybridized carbons (Fsp3) is 0.278. The van der Waals surface area contributed by atoms with Gasteiger partial charge in [0, 0.05) is 6.07 Å². The van der Waals surface area contributed by atoms with Gasteiger partial charge in [-0.05, 0) is 31.5 Å². The molecule has 0 saturated carbocycles. The Balaban J connectivity index is 2.11. The lowest BCUT2D eigenvalue weighted by molar-refractivity contribution is -0.142. The predicted molar refractivity (Wildman–Crippen MR) is 90.7 cm³/mol. The maximum absolute atomic E-state index is 13.5. The first-order valence-corrected chi connectivity index (χ1v) is 7.99. The van der Waals surface area contributed by atoms with Crippen molar-refractivity contribution in [2.24, 2.45) is 0 Å². The second kappa shape index (κ2) is 6.46. The highest BCUT2D eigenvalue weighted by Gasteiger charge is 2.36. The van der Waals surface area contributed by atoms with E-state index in [1.165, 1.54) is 24.5 Å². The van der Waals surface area contributed by atoms with E-state index in [2.05, 4.69) is 21.3 Å². The quantitative estimate of drug-likeness (QED) is 0.707. The lowest BCUT2D eigenvalue weighted by Gasteiger charge is -2.22. The normalized spacial score (nSPS) is 13.9. The Bertz CT molecular complexity index is 1030. The number of halogens is 3. The van der Waals surface area contributed by atoms with Crippen LogP contribution in [0.4, 0.5) is 13.2 Å². The number of carbonyl (C=O) groups is 1. The molecule has 0 fully saturated rings. The molecule has 0 unspecified atom stereocenters. The van der Waals surface area contributed by atoms with Crippen molar-refractivity contribution >= 4 is 11.6 Å². The predicted octanol–water partition coefficient (Wildman–Crippen LogP) is 3.54. The van der Waals surface area contributed by atoms with E-state index in [0.717, 1.165) is 6.07 Å². The van der Waals surface area contributed by atoms with E-state index in [1.807, 2.05) is 0 Å². The number of alkyl halides is 3. The molecule has 1 N–H and O–H groups in total. The second-order valence-corrected chi connectivity index (χ2v) is 6.09. The number of rotatable bonds is 4. The third-order valence-electron chi connectivity index (χ3n) is 4.14. The molecule has 6 nitrogen and oxygen atoms in total. The van der Waals surface area contributed by atoms with Crippen molar-refractivity contribution in [3.05, 3.63) is 41.9 Å². The first-order valence-electron chi connectivity index (χ1n) is 7.99. The lowest BCUT2D eigenvalue weighted by Crippen LogP contribution is -2.44. The van der Waals surface area contributed by atoms with Gasteiger partial charge in [0.2, 0.25) is 0 Å². The molecule has 0 saturated heterocycles. The van der Waals surface area contributed by atoms with Crippen LogP contribution in [-0.2, 0) is 6.18 Å². The summed E-state index contributed by atoms with van der Waals surface area (Å²) in [5, 5.41) is 6.37. The summed E-state index contributed by atoms with van der Waals surface area (Å²) in [6.07, 6.45) is 2.47. The number of nitrogens with zero attached hydrogens (tertiary/aromatic N) is 3. The number of carbonyl (C=O) groups excluding carboxylic acids is 1. The maximum Gasteiger partial charge on any atom is 0.433 e. The third-order valence-corrected chi connectivity index (χ3v) is 4.14.